The Morgan fingerprint density at radius 1 is 1.03 bits per heavy atom. The fraction of sp³-hybridized carbons (Fsp3) is 0.357. The fourth-order valence-corrected chi connectivity index (χ4v) is 5.30. The van der Waals surface area contributed by atoms with Crippen LogP contribution in [0.25, 0.3) is 11.4 Å². The minimum atomic E-state index is -0.270. The number of likely N-dealkylation sites (tertiary alicyclic amines) is 1. The van der Waals surface area contributed by atoms with Gasteiger partial charge in [-0.3, -0.25) is 4.79 Å². The second kappa shape index (κ2) is 9.26. The lowest BCUT2D eigenvalue weighted by Gasteiger charge is -2.46. The number of pyridine rings is 1. The third kappa shape index (κ3) is 4.38. The number of hydrogen-bond acceptors (Lipinski definition) is 5. The average Bonchev–Trinajstić information content (AvgIpc) is 2.88. The molecule has 2 aliphatic heterocycles. The highest BCUT2D eigenvalue weighted by Crippen LogP contribution is 2.42. The van der Waals surface area contributed by atoms with E-state index in [0.717, 1.165) is 73.5 Å². The van der Waals surface area contributed by atoms with Gasteiger partial charge in [0.1, 0.15) is 5.82 Å². The Kier molecular flexibility index (Phi) is 6.02. The molecule has 0 unspecified atom stereocenters. The smallest absolute Gasteiger partial charge is 0.229 e. The van der Waals surface area contributed by atoms with E-state index < -0.39 is 0 Å². The predicted molar refractivity (Wildman–Crippen MR) is 133 cm³/mol. The number of terminal acetylenes is 1. The van der Waals surface area contributed by atoms with Crippen molar-refractivity contribution < 1.29 is 4.79 Å². The van der Waals surface area contributed by atoms with E-state index in [1.54, 1.807) is 12.4 Å². The summed E-state index contributed by atoms with van der Waals surface area (Å²) in [6.45, 7) is 5.04. The van der Waals surface area contributed by atoms with Crippen LogP contribution < -0.4 is 4.90 Å². The minimum Gasteiger partial charge on any atom is -0.357 e. The Labute approximate surface area is 201 Å². The zero-order valence-corrected chi connectivity index (χ0v) is 19.6. The van der Waals surface area contributed by atoms with Crippen LogP contribution in [-0.4, -0.2) is 45.4 Å². The van der Waals surface area contributed by atoms with Gasteiger partial charge in [0.15, 0.2) is 5.82 Å². The maximum absolute atomic E-state index is 13.7. The third-order valence-electron chi connectivity index (χ3n) is 7.10. The number of aromatic nitrogens is 3. The third-order valence-corrected chi connectivity index (χ3v) is 7.10. The van der Waals surface area contributed by atoms with E-state index in [1.165, 1.54) is 0 Å². The maximum Gasteiger partial charge on any atom is 0.229 e. The van der Waals surface area contributed by atoms with Crippen molar-refractivity contribution in [3.05, 3.63) is 71.7 Å². The van der Waals surface area contributed by atoms with Gasteiger partial charge >= 0.3 is 0 Å². The maximum atomic E-state index is 13.7. The molecule has 2 aromatic heterocycles. The Morgan fingerprint density at radius 2 is 1.82 bits per heavy atom. The molecule has 1 amide bonds. The summed E-state index contributed by atoms with van der Waals surface area (Å²) in [5.41, 5.74) is 3.59. The van der Waals surface area contributed by atoms with E-state index in [9.17, 15) is 4.79 Å². The Hall–Kier alpha value is -3.72. The van der Waals surface area contributed by atoms with Crippen molar-refractivity contribution in [3.63, 3.8) is 0 Å². The molecule has 2 aliphatic rings. The summed E-state index contributed by atoms with van der Waals surface area (Å²) in [4.78, 5) is 31.4. The van der Waals surface area contributed by atoms with Gasteiger partial charge in [-0.2, -0.15) is 0 Å². The summed E-state index contributed by atoms with van der Waals surface area (Å²) in [6, 6.07) is 13.9. The largest absolute Gasteiger partial charge is 0.357 e. The first kappa shape index (κ1) is 22.1. The number of carbonyl (C=O) groups is 1. The quantitative estimate of drug-likeness (QED) is 0.556. The predicted octanol–water partition coefficient (Wildman–Crippen LogP) is 4.24. The molecule has 5 rings (SSSR count). The first-order valence-electron chi connectivity index (χ1n) is 11.9. The van der Waals surface area contributed by atoms with Crippen LogP contribution in [0.15, 0.2) is 54.9 Å². The number of benzene rings is 1. The van der Waals surface area contributed by atoms with Gasteiger partial charge in [-0.15, -0.1) is 6.42 Å². The molecule has 1 spiro atoms. The Bertz CT molecular complexity index is 1230. The monoisotopic (exact) mass is 451 g/mol. The summed E-state index contributed by atoms with van der Waals surface area (Å²) in [5, 5.41) is 0. The lowest BCUT2D eigenvalue weighted by molar-refractivity contribution is -0.148. The zero-order valence-electron chi connectivity index (χ0n) is 19.6. The molecule has 6 nitrogen and oxygen atoms in total. The van der Waals surface area contributed by atoms with Crippen LogP contribution in [0.5, 0.6) is 0 Å². The summed E-state index contributed by atoms with van der Waals surface area (Å²) >= 11 is 0. The topological polar surface area (TPSA) is 62.2 Å². The lowest BCUT2D eigenvalue weighted by atomic mass is 9.71. The summed E-state index contributed by atoms with van der Waals surface area (Å²) in [5.74, 6) is 4.64. The van der Waals surface area contributed by atoms with Gasteiger partial charge < -0.3 is 9.80 Å². The molecule has 6 heteroatoms. The van der Waals surface area contributed by atoms with Gasteiger partial charge in [-0.1, -0.05) is 24.1 Å². The van der Waals surface area contributed by atoms with E-state index in [-0.39, 0.29) is 5.41 Å². The van der Waals surface area contributed by atoms with E-state index in [4.69, 9.17) is 6.42 Å². The normalized spacial score (nSPS) is 17.6. The fourth-order valence-electron chi connectivity index (χ4n) is 5.30. The molecule has 2 fully saturated rings. The van der Waals surface area contributed by atoms with Crippen molar-refractivity contribution in [1.29, 1.82) is 0 Å². The molecule has 0 radical (unpaired) electrons. The zero-order chi connectivity index (χ0) is 23.5. The van der Waals surface area contributed by atoms with Crippen LogP contribution in [0.4, 0.5) is 5.82 Å². The van der Waals surface area contributed by atoms with Gasteiger partial charge in [0.25, 0.3) is 0 Å². The molecule has 172 valence electrons. The lowest BCUT2D eigenvalue weighted by Crippen LogP contribution is -2.53. The van der Waals surface area contributed by atoms with Crippen molar-refractivity contribution in [2.24, 2.45) is 5.41 Å². The molecule has 0 aliphatic carbocycles. The summed E-state index contributed by atoms with van der Waals surface area (Å²) in [7, 11) is 0. The first-order valence-corrected chi connectivity index (χ1v) is 11.9. The van der Waals surface area contributed by atoms with Gasteiger partial charge in [0.2, 0.25) is 5.91 Å². The van der Waals surface area contributed by atoms with Crippen molar-refractivity contribution in [1.82, 2.24) is 19.9 Å². The molecular formula is C28H29N5O. The second-order valence-electron chi connectivity index (χ2n) is 9.37. The molecule has 2 saturated heterocycles. The number of amides is 1. The molecular weight excluding hydrogens is 422 g/mol. The van der Waals surface area contributed by atoms with Crippen molar-refractivity contribution >= 4 is 11.7 Å². The summed E-state index contributed by atoms with van der Waals surface area (Å²) in [6.07, 6.45) is 12.8. The summed E-state index contributed by atoms with van der Waals surface area (Å²) < 4.78 is 0. The number of rotatable bonds is 4. The van der Waals surface area contributed by atoms with E-state index in [2.05, 4.69) is 37.9 Å². The van der Waals surface area contributed by atoms with E-state index in [1.807, 2.05) is 42.2 Å². The standard InChI is InChI=1S/C28H29N5O/c1-3-22-17-21(2)31-25(19-22)32-15-10-28(11-16-32)9-5-14-33(27(28)34)20-23-7-4-8-24(18-23)26-29-12-6-13-30-26/h1,4,6-8,12-13,17-19H,5,9-11,14-16,20H2,2H3. The first-order chi connectivity index (χ1) is 16.6. The van der Waals surface area contributed by atoms with Gasteiger partial charge in [0, 0.05) is 55.4 Å². The SMILES string of the molecule is C#Cc1cc(C)nc(N2CCC3(CCCN(Cc4cccc(-c5ncccn5)c4)C3=O)CC2)c1. The molecule has 3 aromatic rings. The molecule has 0 N–H and O–H groups in total. The number of carbonyl (C=O) groups excluding carboxylic acids is 1. The van der Waals surface area contributed by atoms with Crippen LogP contribution in [0.1, 0.15) is 42.5 Å². The van der Waals surface area contributed by atoms with Crippen LogP contribution in [-0.2, 0) is 11.3 Å². The minimum absolute atomic E-state index is 0.270. The number of aryl methyl sites for hydroxylation is 1. The molecule has 34 heavy (non-hydrogen) atoms. The average molecular weight is 452 g/mol. The van der Waals surface area contributed by atoms with Crippen LogP contribution in [0.3, 0.4) is 0 Å². The van der Waals surface area contributed by atoms with Crippen molar-refractivity contribution in [2.45, 2.75) is 39.2 Å². The molecule has 4 heterocycles. The van der Waals surface area contributed by atoms with E-state index >= 15 is 0 Å². The Balaban J connectivity index is 1.28. The van der Waals surface area contributed by atoms with Crippen LogP contribution in [0, 0.1) is 24.7 Å². The number of nitrogens with zero attached hydrogens (tertiary/aromatic N) is 5. The van der Waals surface area contributed by atoms with Gasteiger partial charge in [-0.05, 0) is 62.4 Å². The number of hydrogen-bond donors (Lipinski definition) is 0. The Morgan fingerprint density at radius 3 is 2.59 bits per heavy atom. The number of anilines is 1. The highest BCUT2D eigenvalue weighted by atomic mass is 16.2. The highest BCUT2D eigenvalue weighted by molar-refractivity contribution is 5.84. The number of piperidine rings is 2. The van der Waals surface area contributed by atoms with Crippen molar-refractivity contribution in [2.75, 3.05) is 24.5 Å². The van der Waals surface area contributed by atoms with Crippen LogP contribution >= 0.6 is 0 Å². The molecule has 0 bridgehead atoms. The van der Waals surface area contributed by atoms with Crippen molar-refractivity contribution in [3.8, 4) is 23.7 Å². The molecule has 1 aromatic carbocycles. The molecule has 0 atom stereocenters. The van der Waals surface area contributed by atoms with Gasteiger partial charge in [-0.25, -0.2) is 15.0 Å². The second-order valence-corrected chi connectivity index (χ2v) is 9.37. The molecule has 0 saturated carbocycles. The highest BCUT2D eigenvalue weighted by Gasteiger charge is 2.45. The van der Waals surface area contributed by atoms with E-state index in [0.29, 0.717) is 18.3 Å². The van der Waals surface area contributed by atoms with Crippen LogP contribution in [0.2, 0.25) is 0 Å². The van der Waals surface area contributed by atoms with Gasteiger partial charge in [0.05, 0.1) is 5.41 Å².